The summed E-state index contributed by atoms with van der Waals surface area (Å²) in [6.07, 6.45) is 10.4. The standard InChI is InChI=1S/2C12H14N2O2/c2*15-14(16)10-7-5-9(6-8-10)13-11-3-1-2-4-12(11)13/h2*5-8,11-12H,1-4H2/t2*11-,12+,13?. The van der Waals surface area contributed by atoms with Crippen molar-refractivity contribution in [3.63, 3.8) is 0 Å². The largest absolute Gasteiger partial charge is 0.361 e. The van der Waals surface area contributed by atoms with E-state index in [1.54, 1.807) is 24.3 Å². The predicted molar refractivity (Wildman–Crippen MR) is 123 cm³/mol. The SMILES string of the molecule is O=[N+]([O-])c1ccc(N2[C@@H]3CCCC[C@@H]32)cc1.O=[N+]([O-])c1ccc(N2[C@@H]3CCCC[C@@H]32)cc1. The van der Waals surface area contributed by atoms with E-state index in [0.29, 0.717) is 24.2 Å². The van der Waals surface area contributed by atoms with Crippen molar-refractivity contribution in [2.24, 2.45) is 0 Å². The van der Waals surface area contributed by atoms with E-state index in [9.17, 15) is 20.2 Å². The van der Waals surface area contributed by atoms with Crippen LogP contribution < -0.4 is 9.80 Å². The summed E-state index contributed by atoms with van der Waals surface area (Å²) in [6, 6.07) is 16.7. The van der Waals surface area contributed by atoms with Gasteiger partial charge in [-0.15, -0.1) is 0 Å². The first-order chi connectivity index (χ1) is 15.5. The minimum absolute atomic E-state index is 0.175. The molecule has 0 aromatic heterocycles. The molecule has 4 aliphatic rings. The van der Waals surface area contributed by atoms with Gasteiger partial charge in [0.15, 0.2) is 0 Å². The Balaban J connectivity index is 0.000000135. The quantitative estimate of drug-likeness (QED) is 0.359. The van der Waals surface area contributed by atoms with Gasteiger partial charge in [0.2, 0.25) is 0 Å². The molecule has 2 aliphatic heterocycles. The summed E-state index contributed by atoms with van der Waals surface area (Å²) in [7, 11) is 0. The van der Waals surface area contributed by atoms with Crippen molar-refractivity contribution in [1.82, 2.24) is 0 Å². The van der Waals surface area contributed by atoms with Crippen LogP contribution in [0.2, 0.25) is 0 Å². The van der Waals surface area contributed by atoms with E-state index in [0.717, 1.165) is 11.4 Å². The summed E-state index contributed by atoms with van der Waals surface area (Å²) in [5, 5.41) is 21.1. The molecule has 0 unspecified atom stereocenters. The number of benzene rings is 2. The van der Waals surface area contributed by atoms with Crippen LogP contribution >= 0.6 is 0 Å². The highest BCUT2D eigenvalue weighted by molar-refractivity contribution is 5.60. The minimum atomic E-state index is -0.348. The second kappa shape index (κ2) is 8.41. The number of non-ortho nitro benzene ring substituents is 2. The molecule has 2 saturated heterocycles. The van der Waals surface area contributed by atoms with Crippen LogP contribution in [-0.2, 0) is 0 Å². The fourth-order valence-electron chi connectivity index (χ4n) is 5.67. The topological polar surface area (TPSA) is 92.3 Å². The molecule has 32 heavy (non-hydrogen) atoms. The van der Waals surface area contributed by atoms with Crippen molar-refractivity contribution >= 4 is 22.7 Å². The number of anilines is 2. The maximum Gasteiger partial charge on any atom is 0.269 e. The van der Waals surface area contributed by atoms with Crippen molar-refractivity contribution in [2.75, 3.05) is 9.80 Å². The predicted octanol–water partition coefficient (Wildman–Crippen LogP) is 5.45. The molecule has 2 saturated carbocycles. The van der Waals surface area contributed by atoms with E-state index < -0.39 is 0 Å². The lowest BCUT2D eigenvalue weighted by Gasteiger charge is -2.04. The molecule has 2 heterocycles. The summed E-state index contributed by atoms with van der Waals surface area (Å²) >= 11 is 0. The van der Waals surface area contributed by atoms with Gasteiger partial charge in [-0.2, -0.15) is 0 Å². The number of rotatable bonds is 4. The highest BCUT2D eigenvalue weighted by atomic mass is 16.6. The zero-order valence-electron chi connectivity index (χ0n) is 18.0. The first-order valence-electron chi connectivity index (χ1n) is 11.6. The highest BCUT2D eigenvalue weighted by Crippen LogP contribution is 2.45. The zero-order chi connectivity index (χ0) is 22.2. The summed E-state index contributed by atoms with van der Waals surface area (Å²) < 4.78 is 0. The first kappa shape index (κ1) is 20.7. The number of hydrogen-bond donors (Lipinski definition) is 0. The third-order valence-electron chi connectivity index (χ3n) is 7.35. The molecule has 0 N–H and O–H groups in total. The Morgan fingerprint density at radius 3 is 1.09 bits per heavy atom. The van der Waals surface area contributed by atoms with Gasteiger partial charge in [-0.3, -0.25) is 20.2 Å². The van der Waals surface area contributed by atoms with Gasteiger partial charge in [-0.1, -0.05) is 25.7 Å². The molecule has 2 aliphatic carbocycles. The van der Waals surface area contributed by atoms with Crippen molar-refractivity contribution in [1.29, 1.82) is 0 Å². The Morgan fingerprint density at radius 1 is 0.562 bits per heavy atom. The van der Waals surface area contributed by atoms with Gasteiger partial charge in [0.05, 0.1) is 9.85 Å². The van der Waals surface area contributed by atoms with E-state index in [4.69, 9.17) is 0 Å². The lowest BCUT2D eigenvalue weighted by molar-refractivity contribution is -0.385. The molecule has 4 fully saturated rings. The van der Waals surface area contributed by atoms with Crippen molar-refractivity contribution in [3.05, 3.63) is 68.8 Å². The third kappa shape index (κ3) is 4.01. The van der Waals surface area contributed by atoms with Crippen LogP contribution in [-0.4, -0.2) is 34.0 Å². The van der Waals surface area contributed by atoms with Crippen molar-refractivity contribution in [2.45, 2.75) is 75.5 Å². The van der Waals surface area contributed by atoms with Crippen LogP contribution in [0.25, 0.3) is 0 Å². The van der Waals surface area contributed by atoms with E-state index >= 15 is 0 Å². The van der Waals surface area contributed by atoms with E-state index in [-0.39, 0.29) is 21.2 Å². The van der Waals surface area contributed by atoms with Gasteiger partial charge in [-0.25, -0.2) is 0 Å². The van der Waals surface area contributed by atoms with Gasteiger partial charge in [-0.05, 0) is 49.9 Å². The molecule has 168 valence electrons. The van der Waals surface area contributed by atoms with Crippen LogP contribution in [0.15, 0.2) is 48.5 Å². The maximum atomic E-state index is 10.5. The fraction of sp³-hybridized carbons (Fsp3) is 0.500. The summed E-state index contributed by atoms with van der Waals surface area (Å²) in [4.78, 5) is 25.2. The fourth-order valence-corrected chi connectivity index (χ4v) is 5.67. The van der Waals surface area contributed by atoms with Gasteiger partial charge >= 0.3 is 0 Å². The van der Waals surface area contributed by atoms with Crippen LogP contribution in [0.1, 0.15) is 51.4 Å². The van der Waals surface area contributed by atoms with Crippen LogP contribution in [0.5, 0.6) is 0 Å². The Bertz CT molecular complexity index is 889. The van der Waals surface area contributed by atoms with E-state index in [1.165, 1.54) is 51.4 Å². The lowest BCUT2D eigenvalue weighted by atomic mass is 10.0. The smallest absolute Gasteiger partial charge is 0.269 e. The Hall–Kier alpha value is -3.16. The van der Waals surface area contributed by atoms with Crippen molar-refractivity contribution < 1.29 is 9.85 Å². The Labute approximate surface area is 187 Å². The van der Waals surface area contributed by atoms with E-state index in [1.807, 2.05) is 24.3 Å². The van der Waals surface area contributed by atoms with Gasteiger partial charge in [0.25, 0.3) is 11.4 Å². The minimum Gasteiger partial charge on any atom is -0.361 e. The maximum absolute atomic E-state index is 10.5. The molecule has 6 rings (SSSR count). The average molecular weight is 437 g/mol. The molecule has 8 nitrogen and oxygen atoms in total. The summed E-state index contributed by atoms with van der Waals surface area (Å²) in [5.74, 6) is 0. The molecule has 0 spiro atoms. The number of nitro groups is 2. The van der Waals surface area contributed by atoms with Crippen LogP contribution in [0.4, 0.5) is 22.7 Å². The number of nitrogens with zero attached hydrogens (tertiary/aromatic N) is 4. The monoisotopic (exact) mass is 436 g/mol. The van der Waals surface area contributed by atoms with Gasteiger partial charge in [0.1, 0.15) is 0 Å². The Morgan fingerprint density at radius 2 is 0.844 bits per heavy atom. The molecule has 2 aromatic rings. The van der Waals surface area contributed by atoms with Crippen molar-refractivity contribution in [3.8, 4) is 0 Å². The van der Waals surface area contributed by atoms with Crippen LogP contribution in [0.3, 0.4) is 0 Å². The second-order valence-corrected chi connectivity index (χ2v) is 9.20. The van der Waals surface area contributed by atoms with Crippen LogP contribution in [0, 0.1) is 20.2 Å². The number of fused-ring (bicyclic) bond motifs is 2. The molecular weight excluding hydrogens is 408 g/mol. The van der Waals surface area contributed by atoms with Gasteiger partial charge in [0, 0.05) is 59.8 Å². The molecule has 8 heteroatoms. The summed E-state index contributed by atoms with van der Waals surface area (Å²) in [5.41, 5.74) is 2.63. The average Bonchev–Trinajstić information content (AvgIpc) is 3.72. The first-order valence-corrected chi connectivity index (χ1v) is 11.6. The normalized spacial score (nSPS) is 27.4. The zero-order valence-corrected chi connectivity index (χ0v) is 18.0. The second-order valence-electron chi connectivity index (χ2n) is 9.20. The molecule has 0 radical (unpaired) electrons. The Kier molecular flexibility index (Phi) is 5.45. The number of nitro benzene ring substituents is 2. The third-order valence-corrected chi connectivity index (χ3v) is 7.35. The molecule has 4 atom stereocenters. The lowest BCUT2D eigenvalue weighted by Crippen LogP contribution is -2.00. The van der Waals surface area contributed by atoms with Gasteiger partial charge < -0.3 is 9.80 Å². The molecule has 0 bridgehead atoms. The molecule has 0 amide bonds. The van der Waals surface area contributed by atoms with E-state index in [2.05, 4.69) is 9.80 Å². The number of hydrogen-bond acceptors (Lipinski definition) is 6. The summed E-state index contributed by atoms with van der Waals surface area (Å²) in [6.45, 7) is 0. The molecule has 2 aromatic carbocycles. The highest BCUT2D eigenvalue weighted by Gasteiger charge is 2.49. The molecular formula is C24H28N4O4.